The fraction of sp³-hybridized carbons (Fsp3) is 0.474. The Labute approximate surface area is 156 Å². The van der Waals surface area contributed by atoms with E-state index in [9.17, 15) is 24.3 Å². The Morgan fingerprint density at radius 1 is 1.19 bits per heavy atom. The number of hydrogen-bond acceptors (Lipinski definition) is 4. The summed E-state index contributed by atoms with van der Waals surface area (Å²) in [6, 6.07) is 4.32. The summed E-state index contributed by atoms with van der Waals surface area (Å²) >= 11 is 0. The Morgan fingerprint density at radius 3 is 2.37 bits per heavy atom. The molecular weight excluding hydrogens is 350 g/mol. The van der Waals surface area contributed by atoms with E-state index in [-0.39, 0.29) is 17.2 Å². The number of nitrogens with one attached hydrogen (secondary N) is 2. The first-order chi connectivity index (χ1) is 12.7. The molecule has 1 aromatic carbocycles. The van der Waals surface area contributed by atoms with E-state index in [1.807, 2.05) is 6.92 Å². The third-order valence-electron chi connectivity index (χ3n) is 4.80. The third kappa shape index (κ3) is 4.10. The number of nitrogens with zero attached hydrogens (tertiary/aromatic N) is 1. The standard InChI is InChI=1S/C19H25N3O5/c1-5-11(4)15(16(23)21-14(10(2)3)18(25)26)22-17(24)12-8-6-7-9-13(12)20-19(22)27/h6-11,14-15H,5H2,1-4H3,(H,20,27)(H,21,23)(H,25,26)/t11-,14-,15-/m0/s1. The van der Waals surface area contributed by atoms with Crippen molar-refractivity contribution >= 4 is 22.8 Å². The average Bonchev–Trinajstić information content (AvgIpc) is 2.61. The zero-order valence-electron chi connectivity index (χ0n) is 15.9. The van der Waals surface area contributed by atoms with Crippen molar-refractivity contribution in [2.24, 2.45) is 11.8 Å². The lowest BCUT2D eigenvalue weighted by atomic mass is 9.96. The first-order valence-electron chi connectivity index (χ1n) is 8.95. The molecule has 27 heavy (non-hydrogen) atoms. The number of para-hydroxylation sites is 1. The van der Waals surface area contributed by atoms with E-state index < -0.39 is 35.2 Å². The molecule has 8 nitrogen and oxygen atoms in total. The maximum Gasteiger partial charge on any atom is 0.329 e. The molecule has 3 N–H and O–H groups in total. The van der Waals surface area contributed by atoms with Crippen LogP contribution in [0.5, 0.6) is 0 Å². The van der Waals surface area contributed by atoms with E-state index in [2.05, 4.69) is 10.3 Å². The first kappa shape index (κ1) is 20.4. The van der Waals surface area contributed by atoms with Gasteiger partial charge in [-0.25, -0.2) is 14.2 Å². The Hall–Kier alpha value is -2.90. The number of amides is 1. The van der Waals surface area contributed by atoms with Gasteiger partial charge in [0.15, 0.2) is 0 Å². The van der Waals surface area contributed by atoms with Crippen LogP contribution in [0, 0.1) is 11.8 Å². The fourth-order valence-electron chi connectivity index (χ4n) is 3.03. The number of carboxylic acid groups (broad SMARTS) is 1. The number of aromatic amines is 1. The number of carbonyl (C=O) groups is 2. The molecule has 2 rings (SSSR count). The molecule has 8 heteroatoms. The summed E-state index contributed by atoms with van der Waals surface area (Å²) in [4.78, 5) is 52.5. The average molecular weight is 375 g/mol. The number of aromatic nitrogens is 2. The van der Waals surface area contributed by atoms with Gasteiger partial charge in [0, 0.05) is 0 Å². The Kier molecular flexibility index (Phi) is 6.20. The van der Waals surface area contributed by atoms with Crippen LogP contribution in [0.25, 0.3) is 10.9 Å². The second kappa shape index (κ2) is 8.20. The van der Waals surface area contributed by atoms with Crippen molar-refractivity contribution in [3.8, 4) is 0 Å². The number of benzene rings is 1. The lowest BCUT2D eigenvalue weighted by molar-refractivity contribution is -0.144. The predicted octanol–water partition coefficient (Wildman–Crippen LogP) is 1.50. The molecule has 0 aliphatic rings. The second-order valence-electron chi connectivity index (χ2n) is 7.05. The zero-order valence-corrected chi connectivity index (χ0v) is 15.9. The SMILES string of the molecule is CC[C@H](C)[C@@H](C(=O)N[C@H](C(=O)O)C(C)C)n1c(=O)[nH]c2ccccc2c1=O. The summed E-state index contributed by atoms with van der Waals surface area (Å²) in [6.45, 7) is 6.93. The molecule has 0 spiro atoms. The molecule has 0 aliphatic carbocycles. The summed E-state index contributed by atoms with van der Waals surface area (Å²) in [7, 11) is 0. The first-order valence-corrected chi connectivity index (χ1v) is 8.95. The summed E-state index contributed by atoms with van der Waals surface area (Å²) in [5.74, 6) is -2.53. The van der Waals surface area contributed by atoms with Crippen LogP contribution in [0.1, 0.15) is 40.2 Å². The Balaban J connectivity index is 2.60. The molecule has 0 bridgehead atoms. The zero-order chi connectivity index (χ0) is 20.3. The van der Waals surface area contributed by atoms with Gasteiger partial charge in [0.1, 0.15) is 12.1 Å². The Bertz CT molecular complexity index is 960. The second-order valence-corrected chi connectivity index (χ2v) is 7.05. The number of carboxylic acids is 1. The molecule has 146 valence electrons. The van der Waals surface area contributed by atoms with Crippen LogP contribution in [0.4, 0.5) is 0 Å². The van der Waals surface area contributed by atoms with Crippen LogP contribution < -0.4 is 16.6 Å². The number of aliphatic carboxylic acids is 1. The van der Waals surface area contributed by atoms with Gasteiger partial charge in [-0.3, -0.25) is 9.59 Å². The van der Waals surface area contributed by atoms with Gasteiger partial charge in [-0.15, -0.1) is 0 Å². The van der Waals surface area contributed by atoms with Crippen molar-refractivity contribution in [3.05, 3.63) is 45.1 Å². The summed E-state index contributed by atoms with van der Waals surface area (Å²) in [6.07, 6.45) is 0.524. The minimum absolute atomic E-state index is 0.289. The highest BCUT2D eigenvalue weighted by Gasteiger charge is 2.33. The molecule has 0 aliphatic heterocycles. The van der Waals surface area contributed by atoms with Gasteiger partial charge in [-0.05, 0) is 24.0 Å². The molecule has 2 aromatic rings. The number of hydrogen-bond donors (Lipinski definition) is 3. The van der Waals surface area contributed by atoms with Gasteiger partial charge < -0.3 is 15.4 Å². The normalized spacial score (nSPS) is 14.7. The maximum absolute atomic E-state index is 12.9. The van der Waals surface area contributed by atoms with Gasteiger partial charge in [0.2, 0.25) is 5.91 Å². The molecule has 0 saturated carbocycles. The van der Waals surface area contributed by atoms with Crippen LogP contribution in [0.15, 0.2) is 33.9 Å². The smallest absolute Gasteiger partial charge is 0.329 e. The highest BCUT2D eigenvalue weighted by molar-refractivity contribution is 5.86. The number of carbonyl (C=O) groups excluding carboxylic acids is 1. The fourth-order valence-corrected chi connectivity index (χ4v) is 3.03. The molecule has 1 heterocycles. The van der Waals surface area contributed by atoms with Crippen LogP contribution >= 0.6 is 0 Å². The van der Waals surface area contributed by atoms with Crippen LogP contribution in [0.3, 0.4) is 0 Å². The quantitative estimate of drug-likeness (QED) is 0.677. The summed E-state index contributed by atoms with van der Waals surface area (Å²) in [5, 5.41) is 12.1. The topological polar surface area (TPSA) is 121 Å². The van der Waals surface area contributed by atoms with E-state index in [1.165, 1.54) is 0 Å². The minimum Gasteiger partial charge on any atom is -0.480 e. The number of rotatable bonds is 7. The molecule has 0 saturated heterocycles. The van der Waals surface area contributed by atoms with E-state index >= 15 is 0 Å². The van der Waals surface area contributed by atoms with Gasteiger partial charge in [0.05, 0.1) is 10.9 Å². The molecule has 0 fully saturated rings. The van der Waals surface area contributed by atoms with Crippen LogP contribution in [-0.4, -0.2) is 32.6 Å². The van der Waals surface area contributed by atoms with Gasteiger partial charge in [-0.2, -0.15) is 0 Å². The monoisotopic (exact) mass is 375 g/mol. The minimum atomic E-state index is -1.17. The van der Waals surface area contributed by atoms with E-state index in [4.69, 9.17) is 0 Å². The lowest BCUT2D eigenvalue weighted by Gasteiger charge is -2.26. The largest absolute Gasteiger partial charge is 0.480 e. The highest BCUT2D eigenvalue weighted by atomic mass is 16.4. The van der Waals surface area contributed by atoms with E-state index in [0.29, 0.717) is 11.9 Å². The molecule has 0 unspecified atom stereocenters. The molecule has 1 aromatic heterocycles. The van der Waals surface area contributed by atoms with Crippen molar-refractivity contribution in [1.82, 2.24) is 14.9 Å². The van der Waals surface area contributed by atoms with Crippen molar-refractivity contribution in [3.63, 3.8) is 0 Å². The van der Waals surface area contributed by atoms with Crippen LogP contribution in [0.2, 0.25) is 0 Å². The van der Waals surface area contributed by atoms with Crippen molar-refractivity contribution in [1.29, 1.82) is 0 Å². The lowest BCUT2D eigenvalue weighted by Crippen LogP contribution is -2.52. The Morgan fingerprint density at radius 2 is 1.81 bits per heavy atom. The summed E-state index contributed by atoms with van der Waals surface area (Å²) < 4.78 is 0.894. The maximum atomic E-state index is 12.9. The predicted molar refractivity (Wildman–Crippen MR) is 102 cm³/mol. The van der Waals surface area contributed by atoms with Crippen molar-refractivity contribution < 1.29 is 14.7 Å². The van der Waals surface area contributed by atoms with Gasteiger partial charge in [-0.1, -0.05) is 46.2 Å². The summed E-state index contributed by atoms with van der Waals surface area (Å²) in [5.41, 5.74) is -0.889. The number of fused-ring (bicyclic) bond motifs is 1. The molecular formula is C19H25N3O5. The highest BCUT2D eigenvalue weighted by Crippen LogP contribution is 2.20. The molecule has 3 atom stereocenters. The van der Waals surface area contributed by atoms with Gasteiger partial charge in [0.25, 0.3) is 5.56 Å². The third-order valence-corrected chi connectivity index (χ3v) is 4.80. The van der Waals surface area contributed by atoms with Crippen LogP contribution in [-0.2, 0) is 9.59 Å². The van der Waals surface area contributed by atoms with Gasteiger partial charge >= 0.3 is 11.7 Å². The molecule has 0 radical (unpaired) electrons. The number of H-pyrrole nitrogens is 1. The van der Waals surface area contributed by atoms with E-state index in [0.717, 1.165) is 4.57 Å². The van der Waals surface area contributed by atoms with E-state index in [1.54, 1.807) is 45.0 Å². The van der Waals surface area contributed by atoms with Crippen molar-refractivity contribution in [2.75, 3.05) is 0 Å². The molecule has 1 amide bonds. The van der Waals surface area contributed by atoms with Crippen molar-refractivity contribution in [2.45, 2.75) is 46.2 Å².